The van der Waals surface area contributed by atoms with Crippen LogP contribution in [0, 0.1) is 0 Å². The van der Waals surface area contributed by atoms with Gasteiger partial charge in [-0.15, -0.1) is 0 Å². The maximum atomic E-state index is 12.8. The van der Waals surface area contributed by atoms with Crippen LogP contribution in [0.2, 0.25) is 0 Å². The Morgan fingerprint density at radius 1 is 1.04 bits per heavy atom. The van der Waals surface area contributed by atoms with Gasteiger partial charge in [-0.25, -0.2) is 4.98 Å². The van der Waals surface area contributed by atoms with E-state index >= 15 is 0 Å². The fourth-order valence-corrected chi connectivity index (χ4v) is 3.23. The van der Waals surface area contributed by atoms with Gasteiger partial charge in [0, 0.05) is 12.7 Å². The summed E-state index contributed by atoms with van der Waals surface area (Å²) in [7, 11) is 0. The molecule has 0 aliphatic carbocycles. The maximum absolute atomic E-state index is 12.8. The van der Waals surface area contributed by atoms with Gasteiger partial charge in [-0.05, 0) is 34.9 Å². The van der Waals surface area contributed by atoms with E-state index in [1.165, 1.54) is 0 Å². The Labute approximate surface area is 160 Å². The summed E-state index contributed by atoms with van der Waals surface area (Å²) in [6.45, 7) is 0.756. The van der Waals surface area contributed by atoms with Crippen LogP contribution in [0.1, 0.15) is 5.56 Å². The van der Waals surface area contributed by atoms with Crippen molar-refractivity contribution in [3.05, 3.63) is 76.7 Å². The molecule has 4 aromatic rings. The van der Waals surface area contributed by atoms with E-state index in [2.05, 4.69) is 20.3 Å². The average molecular weight is 372 g/mol. The number of aromatic amines is 1. The summed E-state index contributed by atoms with van der Waals surface area (Å²) in [5.74, 6) is 1.74. The zero-order chi connectivity index (χ0) is 18.9. The van der Waals surface area contributed by atoms with Gasteiger partial charge in [0.2, 0.25) is 12.7 Å². The molecule has 28 heavy (non-hydrogen) atoms. The summed E-state index contributed by atoms with van der Waals surface area (Å²) in [5.41, 5.74) is 2.81. The SMILES string of the molecule is O=c1[nH]c(NCc2ccccc2)nc2nccc(-c3ccc4c(c3)OCO4)c12. The molecule has 5 rings (SSSR count). The van der Waals surface area contributed by atoms with E-state index < -0.39 is 0 Å². The first kappa shape index (κ1) is 16.3. The summed E-state index contributed by atoms with van der Waals surface area (Å²) in [6.07, 6.45) is 1.65. The predicted octanol–water partition coefficient (Wildman–Crippen LogP) is 3.33. The number of H-pyrrole nitrogens is 1. The van der Waals surface area contributed by atoms with Gasteiger partial charge in [-0.3, -0.25) is 9.78 Å². The van der Waals surface area contributed by atoms with Gasteiger partial charge >= 0.3 is 0 Å². The van der Waals surface area contributed by atoms with E-state index in [1.54, 1.807) is 12.3 Å². The molecule has 0 unspecified atom stereocenters. The first-order valence-corrected chi connectivity index (χ1v) is 8.85. The van der Waals surface area contributed by atoms with Gasteiger partial charge in [0.25, 0.3) is 5.56 Å². The summed E-state index contributed by atoms with van der Waals surface area (Å²) in [5, 5.41) is 3.58. The number of benzene rings is 2. The van der Waals surface area contributed by atoms with Crippen LogP contribution in [-0.4, -0.2) is 21.7 Å². The molecule has 3 heterocycles. The molecule has 0 bridgehead atoms. The van der Waals surface area contributed by atoms with Crippen molar-refractivity contribution in [1.82, 2.24) is 15.0 Å². The Kier molecular flexibility index (Phi) is 3.90. The Hall–Kier alpha value is -3.87. The number of nitrogens with zero attached hydrogens (tertiary/aromatic N) is 2. The molecule has 138 valence electrons. The lowest BCUT2D eigenvalue weighted by Crippen LogP contribution is -2.14. The predicted molar refractivity (Wildman–Crippen MR) is 105 cm³/mol. The minimum absolute atomic E-state index is 0.203. The van der Waals surface area contributed by atoms with Gasteiger partial charge in [0.05, 0.1) is 5.39 Å². The number of pyridine rings is 1. The molecule has 2 aromatic heterocycles. The van der Waals surface area contributed by atoms with E-state index in [-0.39, 0.29) is 12.4 Å². The quantitative estimate of drug-likeness (QED) is 0.571. The maximum Gasteiger partial charge on any atom is 0.262 e. The number of ether oxygens (including phenoxy) is 2. The molecule has 1 aliphatic heterocycles. The van der Waals surface area contributed by atoms with Gasteiger partial charge in [0.1, 0.15) is 0 Å². The van der Waals surface area contributed by atoms with E-state index in [0.29, 0.717) is 35.0 Å². The molecule has 1 aliphatic rings. The van der Waals surface area contributed by atoms with Crippen LogP contribution in [0.15, 0.2) is 65.6 Å². The summed E-state index contributed by atoms with van der Waals surface area (Å²) in [4.78, 5) is 24.4. The summed E-state index contributed by atoms with van der Waals surface area (Å²) in [6, 6.07) is 17.3. The van der Waals surface area contributed by atoms with Crippen LogP contribution in [0.25, 0.3) is 22.2 Å². The lowest BCUT2D eigenvalue weighted by atomic mass is 10.0. The molecular weight excluding hydrogens is 356 g/mol. The van der Waals surface area contributed by atoms with Crippen molar-refractivity contribution in [1.29, 1.82) is 0 Å². The third-order valence-electron chi connectivity index (χ3n) is 4.59. The smallest absolute Gasteiger partial charge is 0.262 e. The van der Waals surface area contributed by atoms with E-state index in [4.69, 9.17) is 9.47 Å². The number of anilines is 1. The summed E-state index contributed by atoms with van der Waals surface area (Å²) >= 11 is 0. The first-order valence-electron chi connectivity index (χ1n) is 8.85. The Morgan fingerprint density at radius 3 is 2.79 bits per heavy atom. The molecule has 0 spiro atoms. The second kappa shape index (κ2) is 6.70. The van der Waals surface area contributed by atoms with Crippen LogP contribution in [0.3, 0.4) is 0 Å². The molecule has 0 amide bonds. The molecule has 7 nitrogen and oxygen atoms in total. The standard InChI is InChI=1S/C21H16N4O3/c26-20-18-15(14-6-7-16-17(10-14)28-12-27-16)8-9-22-19(18)24-21(25-20)23-11-13-4-2-1-3-5-13/h1-10H,11-12H2,(H2,22,23,24,25,26). The lowest BCUT2D eigenvalue weighted by Gasteiger charge is -2.09. The number of hydrogen-bond acceptors (Lipinski definition) is 6. The highest BCUT2D eigenvalue weighted by Crippen LogP contribution is 2.36. The fraction of sp³-hybridized carbons (Fsp3) is 0.0952. The third-order valence-corrected chi connectivity index (χ3v) is 4.59. The lowest BCUT2D eigenvalue weighted by molar-refractivity contribution is 0.174. The van der Waals surface area contributed by atoms with Crippen molar-refractivity contribution < 1.29 is 9.47 Å². The molecule has 0 radical (unpaired) electrons. The van der Waals surface area contributed by atoms with Crippen LogP contribution >= 0.6 is 0 Å². The topological polar surface area (TPSA) is 89.1 Å². The Morgan fingerprint density at radius 2 is 1.89 bits per heavy atom. The Balaban J connectivity index is 1.53. The highest BCUT2D eigenvalue weighted by molar-refractivity contribution is 5.92. The number of fused-ring (bicyclic) bond motifs is 2. The van der Waals surface area contributed by atoms with Crippen molar-refractivity contribution in [3.8, 4) is 22.6 Å². The molecule has 0 atom stereocenters. The fourth-order valence-electron chi connectivity index (χ4n) is 3.23. The third kappa shape index (κ3) is 2.92. The van der Waals surface area contributed by atoms with Crippen molar-refractivity contribution in [2.75, 3.05) is 12.1 Å². The second-order valence-electron chi connectivity index (χ2n) is 6.38. The molecule has 0 fully saturated rings. The van der Waals surface area contributed by atoms with Crippen molar-refractivity contribution >= 4 is 17.0 Å². The zero-order valence-corrected chi connectivity index (χ0v) is 14.8. The second-order valence-corrected chi connectivity index (χ2v) is 6.38. The van der Waals surface area contributed by atoms with Crippen LogP contribution in [0.5, 0.6) is 11.5 Å². The van der Waals surface area contributed by atoms with Crippen molar-refractivity contribution in [2.45, 2.75) is 6.54 Å². The van der Waals surface area contributed by atoms with Crippen molar-refractivity contribution in [3.63, 3.8) is 0 Å². The highest BCUT2D eigenvalue weighted by atomic mass is 16.7. The minimum atomic E-state index is -0.249. The molecule has 0 saturated carbocycles. The highest BCUT2D eigenvalue weighted by Gasteiger charge is 2.17. The molecular formula is C21H16N4O3. The molecule has 2 N–H and O–H groups in total. The monoisotopic (exact) mass is 372 g/mol. The van der Waals surface area contributed by atoms with E-state index in [9.17, 15) is 4.79 Å². The van der Waals surface area contributed by atoms with Gasteiger partial charge in [-0.2, -0.15) is 4.98 Å². The number of rotatable bonds is 4. The molecule has 2 aromatic carbocycles. The van der Waals surface area contributed by atoms with E-state index in [0.717, 1.165) is 16.7 Å². The van der Waals surface area contributed by atoms with Gasteiger partial charge < -0.3 is 14.8 Å². The van der Waals surface area contributed by atoms with Gasteiger partial charge in [-0.1, -0.05) is 36.4 Å². The van der Waals surface area contributed by atoms with Crippen LogP contribution in [0.4, 0.5) is 5.95 Å². The van der Waals surface area contributed by atoms with Gasteiger partial charge in [0.15, 0.2) is 17.1 Å². The van der Waals surface area contributed by atoms with Crippen LogP contribution in [-0.2, 0) is 6.54 Å². The minimum Gasteiger partial charge on any atom is -0.454 e. The average Bonchev–Trinajstić information content (AvgIpc) is 3.20. The normalized spacial score (nSPS) is 12.3. The zero-order valence-electron chi connectivity index (χ0n) is 14.8. The summed E-state index contributed by atoms with van der Waals surface area (Å²) < 4.78 is 10.8. The molecule has 0 saturated heterocycles. The van der Waals surface area contributed by atoms with Crippen molar-refractivity contribution in [2.24, 2.45) is 0 Å². The number of hydrogen-bond donors (Lipinski definition) is 2. The number of nitrogens with one attached hydrogen (secondary N) is 2. The van der Waals surface area contributed by atoms with E-state index in [1.807, 2.05) is 48.5 Å². The van der Waals surface area contributed by atoms with Crippen LogP contribution < -0.4 is 20.3 Å². The number of aromatic nitrogens is 3. The Bertz CT molecular complexity index is 1220. The molecule has 7 heteroatoms. The first-order chi connectivity index (χ1) is 13.8. The largest absolute Gasteiger partial charge is 0.454 e.